The van der Waals surface area contributed by atoms with Gasteiger partial charge in [0.1, 0.15) is 5.75 Å². The molecular formula is C20H24ClNO4. The number of benzene rings is 2. The van der Waals surface area contributed by atoms with Crippen LogP contribution >= 0.6 is 11.6 Å². The number of methoxy groups -OCH3 is 2. The molecule has 0 spiro atoms. The molecule has 2 aromatic rings. The van der Waals surface area contributed by atoms with E-state index < -0.39 is 6.10 Å². The van der Waals surface area contributed by atoms with Crippen LogP contribution in [0.4, 0.5) is 0 Å². The van der Waals surface area contributed by atoms with Crippen LogP contribution in [0.25, 0.3) is 0 Å². The minimum absolute atomic E-state index is 0.0951. The first-order chi connectivity index (χ1) is 12.5. The van der Waals surface area contributed by atoms with Gasteiger partial charge in [-0.05, 0) is 49.7 Å². The molecule has 2 aromatic carbocycles. The molecule has 0 aliphatic heterocycles. The zero-order valence-corrected chi connectivity index (χ0v) is 16.2. The number of hydrogen-bond donors (Lipinski definition) is 0. The maximum Gasteiger partial charge on any atom is 0.263 e. The van der Waals surface area contributed by atoms with Crippen molar-refractivity contribution in [3.05, 3.63) is 53.1 Å². The number of carbonyl (C=O) groups is 1. The number of ether oxygens (including phenoxy) is 3. The van der Waals surface area contributed by atoms with Crippen LogP contribution in [0.15, 0.2) is 42.5 Å². The molecule has 0 bridgehead atoms. The van der Waals surface area contributed by atoms with Gasteiger partial charge in [0.05, 0.1) is 14.2 Å². The van der Waals surface area contributed by atoms with Gasteiger partial charge in [-0.1, -0.05) is 23.7 Å². The lowest BCUT2D eigenvalue weighted by molar-refractivity contribution is -0.138. The van der Waals surface area contributed by atoms with E-state index in [1.165, 1.54) is 0 Å². The fourth-order valence-corrected chi connectivity index (χ4v) is 2.78. The highest BCUT2D eigenvalue weighted by atomic mass is 35.5. The Bertz CT molecular complexity index is 750. The first-order valence-electron chi connectivity index (χ1n) is 8.40. The van der Waals surface area contributed by atoms with Crippen molar-refractivity contribution in [3.63, 3.8) is 0 Å². The topological polar surface area (TPSA) is 48.0 Å². The maximum absolute atomic E-state index is 12.8. The second kappa shape index (κ2) is 9.34. The van der Waals surface area contributed by atoms with Gasteiger partial charge in [-0.25, -0.2) is 0 Å². The Labute approximate surface area is 159 Å². The Morgan fingerprint density at radius 2 is 1.85 bits per heavy atom. The van der Waals surface area contributed by atoms with Crippen LogP contribution in [0.1, 0.15) is 19.4 Å². The van der Waals surface area contributed by atoms with E-state index in [0.29, 0.717) is 35.4 Å². The van der Waals surface area contributed by atoms with E-state index in [9.17, 15) is 4.79 Å². The molecule has 6 heteroatoms. The summed E-state index contributed by atoms with van der Waals surface area (Å²) in [5.74, 6) is 1.77. The summed E-state index contributed by atoms with van der Waals surface area (Å²) >= 11 is 5.96. The van der Waals surface area contributed by atoms with Crippen molar-refractivity contribution in [3.8, 4) is 17.2 Å². The Morgan fingerprint density at radius 3 is 2.46 bits per heavy atom. The van der Waals surface area contributed by atoms with Crippen molar-refractivity contribution in [1.29, 1.82) is 0 Å². The van der Waals surface area contributed by atoms with E-state index in [0.717, 1.165) is 5.56 Å². The minimum atomic E-state index is -0.617. The van der Waals surface area contributed by atoms with Crippen molar-refractivity contribution >= 4 is 17.5 Å². The molecule has 1 atom stereocenters. The van der Waals surface area contributed by atoms with Crippen LogP contribution in [0, 0.1) is 0 Å². The highest BCUT2D eigenvalue weighted by Crippen LogP contribution is 2.28. The molecule has 5 nitrogen and oxygen atoms in total. The first kappa shape index (κ1) is 19.9. The molecule has 0 aromatic heterocycles. The average molecular weight is 378 g/mol. The van der Waals surface area contributed by atoms with Crippen LogP contribution in [0.3, 0.4) is 0 Å². The Balaban J connectivity index is 2.08. The summed E-state index contributed by atoms with van der Waals surface area (Å²) in [5, 5.41) is 0.569. The standard InChI is InChI=1S/C20H24ClNO4/c1-5-22(13-15-9-10-18(24-3)19(11-15)25-4)20(23)14(2)26-17-8-6-7-16(21)12-17/h6-12,14H,5,13H2,1-4H3. The first-order valence-corrected chi connectivity index (χ1v) is 8.78. The van der Waals surface area contributed by atoms with Gasteiger partial charge < -0.3 is 19.1 Å². The Hall–Kier alpha value is -2.40. The van der Waals surface area contributed by atoms with Gasteiger partial charge in [0.15, 0.2) is 17.6 Å². The van der Waals surface area contributed by atoms with Gasteiger partial charge in [-0.15, -0.1) is 0 Å². The van der Waals surface area contributed by atoms with Crippen LogP contribution in [-0.2, 0) is 11.3 Å². The van der Waals surface area contributed by atoms with E-state index in [4.69, 9.17) is 25.8 Å². The zero-order valence-electron chi connectivity index (χ0n) is 15.5. The largest absolute Gasteiger partial charge is 0.493 e. The molecular weight excluding hydrogens is 354 g/mol. The van der Waals surface area contributed by atoms with E-state index in [1.54, 1.807) is 50.3 Å². The predicted octanol–water partition coefficient (Wildman–Crippen LogP) is 4.17. The molecule has 1 unspecified atom stereocenters. The van der Waals surface area contributed by atoms with Crippen LogP contribution < -0.4 is 14.2 Å². The smallest absolute Gasteiger partial charge is 0.263 e. The average Bonchev–Trinajstić information content (AvgIpc) is 2.65. The van der Waals surface area contributed by atoms with Gasteiger partial charge in [0, 0.05) is 18.1 Å². The quantitative estimate of drug-likeness (QED) is 0.692. The van der Waals surface area contributed by atoms with Gasteiger partial charge in [0.25, 0.3) is 5.91 Å². The van der Waals surface area contributed by atoms with Crippen molar-refractivity contribution < 1.29 is 19.0 Å². The van der Waals surface area contributed by atoms with Crippen molar-refractivity contribution in [2.45, 2.75) is 26.5 Å². The fraction of sp³-hybridized carbons (Fsp3) is 0.350. The lowest BCUT2D eigenvalue weighted by atomic mass is 10.1. The molecule has 2 rings (SSSR count). The van der Waals surface area contributed by atoms with Crippen molar-refractivity contribution in [2.24, 2.45) is 0 Å². The molecule has 0 saturated carbocycles. The van der Waals surface area contributed by atoms with Crippen LogP contribution in [0.2, 0.25) is 5.02 Å². The summed E-state index contributed by atoms with van der Waals surface area (Å²) in [4.78, 5) is 14.5. The van der Waals surface area contributed by atoms with Gasteiger partial charge in [-0.3, -0.25) is 4.79 Å². The van der Waals surface area contributed by atoms with Crippen LogP contribution in [-0.4, -0.2) is 37.7 Å². The molecule has 0 heterocycles. The Morgan fingerprint density at radius 1 is 1.12 bits per heavy atom. The van der Waals surface area contributed by atoms with Gasteiger partial charge in [-0.2, -0.15) is 0 Å². The molecule has 1 amide bonds. The predicted molar refractivity (Wildman–Crippen MR) is 102 cm³/mol. The molecule has 0 saturated heterocycles. The van der Waals surface area contributed by atoms with Crippen molar-refractivity contribution in [1.82, 2.24) is 4.90 Å². The van der Waals surface area contributed by atoms with Crippen LogP contribution in [0.5, 0.6) is 17.2 Å². The molecule has 140 valence electrons. The summed E-state index contributed by atoms with van der Waals surface area (Å²) in [5.41, 5.74) is 0.952. The second-order valence-electron chi connectivity index (χ2n) is 5.76. The number of amides is 1. The van der Waals surface area contributed by atoms with Gasteiger partial charge >= 0.3 is 0 Å². The number of carbonyl (C=O) groups excluding carboxylic acids is 1. The monoisotopic (exact) mass is 377 g/mol. The highest BCUT2D eigenvalue weighted by molar-refractivity contribution is 6.30. The molecule has 0 aliphatic rings. The molecule has 26 heavy (non-hydrogen) atoms. The summed E-state index contributed by atoms with van der Waals surface area (Å²) in [7, 11) is 3.18. The maximum atomic E-state index is 12.8. The number of halogens is 1. The number of nitrogens with zero attached hydrogens (tertiary/aromatic N) is 1. The third-order valence-corrected chi connectivity index (χ3v) is 4.21. The third-order valence-electron chi connectivity index (χ3n) is 3.97. The molecule has 0 radical (unpaired) electrons. The number of hydrogen-bond acceptors (Lipinski definition) is 4. The van der Waals surface area contributed by atoms with E-state index in [2.05, 4.69) is 0 Å². The lowest BCUT2D eigenvalue weighted by Crippen LogP contribution is -2.40. The van der Waals surface area contributed by atoms with E-state index in [-0.39, 0.29) is 5.91 Å². The molecule has 0 fully saturated rings. The zero-order chi connectivity index (χ0) is 19.1. The summed E-state index contributed by atoms with van der Waals surface area (Å²) in [6.07, 6.45) is -0.617. The minimum Gasteiger partial charge on any atom is -0.493 e. The number of likely N-dealkylation sites (N-methyl/N-ethyl adjacent to an activating group) is 1. The normalized spacial score (nSPS) is 11.6. The summed E-state index contributed by atoms with van der Waals surface area (Å²) < 4.78 is 16.3. The number of rotatable bonds is 8. The SMILES string of the molecule is CCN(Cc1ccc(OC)c(OC)c1)C(=O)C(C)Oc1cccc(Cl)c1. The van der Waals surface area contributed by atoms with Gasteiger partial charge in [0.2, 0.25) is 0 Å². The lowest BCUT2D eigenvalue weighted by Gasteiger charge is -2.25. The fourth-order valence-electron chi connectivity index (χ4n) is 2.60. The van der Waals surface area contributed by atoms with E-state index in [1.807, 2.05) is 25.1 Å². The second-order valence-corrected chi connectivity index (χ2v) is 6.20. The van der Waals surface area contributed by atoms with E-state index >= 15 is 0 Å². The molecule has 0 N–H and O–H groups in total. The molecule has 0 aliphatic carbocycles. The third kappa shape index (κ3) is 5.05. The highest BCUT2D eigenvalue weighted by Gasteiger charge is 2.21. The summed E-state index contributed by atoms with van der Waals surface area (Å²) in [6, 6.07) is 12.6. The van der Waals surface area contributed by atoms with Crippen molar-refractivity contribution in [2.75, 3.05) is 20.8 Å². The summed E-state index contributed by atoms with van der Waals surface area (Å²) in [6.45, 7) is 4.70. The Kier molecular flexibility index (Phi) is 7.16.